The molecule has 1 aliphatic rings. The van der Waals surface area contributed by atoms with Crippen LogP contribution in [0.4, 0.5) is 0 Å². The molecular formula is C14H21N3O3S2. The molecule has 8 heteroatoms. The summed E-state index contributed by atoms with van der Waals surface area (Å²) in [5.74, 6) is 0.393. The molecular weight excluding hydrogens is 322 g/mol. The zero-order valence-corrected chi connectivity index (χ0v) is 14.2. The molecule has 1 fully saturated rings. The van der Waals surface area contributed by atoms with Crippen LogP contribution in [0.3, 0.4) is 0 Å². The monoisotopic (exact) mass is 343 g/mol. The topological polar surface area (TPSA) is 83.7 Å². The predicted octanol–water partition coefficient (Wildman–Crippen LogP) is 0.825. The smallest absolute Gasteiger partial charge is 0.276 e. The standard InChI is InChI=1S/C14H21N3O3S2/c1-12-5-2-3-6-13(12)21-11-14(18)16-7-4-8-17(10-9-16)22(15,19)20/h2-3,5-6H,4,7-11H2,1H3,(H2,15,19,20). The average molecular weight is 343 g/mol. The van der Waals surface area contributed by atoms with Gasteiger partial charge in [0.1, 0.15) is 0 Å². The van der Waals surface area contributed by atoms with Crippen molar-refractivity contribution in [1.82, 2.24) is 9.21 Å². The molecule has 122 valence electrons. The van der Waals surface area contributed by atoms with Gasteiger partial charge in [0.05, 0.1) is 5.75 Å². The number of nitrogens with two attached hydrogens (primary N) is 1. The van der Waals surface area contributed by atoms with Gasteiger partial charge in [-0.05, 0) is 25.0 Å². The molecule has 1 saturated heterocycles. The number of nitrogens with zero attached hydrogens (tertiary/aromatic N) is 2. The highest BCUT2D eigenvalue weighted by atomic mass is 32.2. The van der Waals surface area contributed by atoms with Crippen molar-refractivity contribution in [2.45, 2.75) is 18.2 Å². The van der Waals surface area contributed by atoms with Crippen LogP contribution in [0.5, 0.6) is 0 Å². The van der Waals surface area contributed by atoms with Crippen molar-refractivity contribution in [3.63, 3.8) is 0 Å². The van der Waals surface area contributed by atoms with Gasteiger partial charge in [-0.2, -0.15) is 12.7 Å². The summed E-state index contributed by atoms with van der Waals surface area (Å²) in [6.45, 7) is 3.61. The summed E-state index contributed by atoms with van der Waals surface area (Å²) < 4.78 is 24.0. The first kappa shape index (κ1) is 17.3. The second-order valence-corrected chi connectivity index (χ2v) is 7.80. The van der Waals surface area contributed by atoms with Crippen LogP contribution in [0.25, 0.3) is 0 Å². The predicted molar refractivity (Wildman–Crippen MR) is 87.8 cm³/mol. The second kappa shape index (κ2) is 7.45. The molecule has 6 nitrogen and oxygen atoms in total. The number of aryl methyl sites for hydroxylation is 1. The van der Waals surface area contributed by atoms with Crippen molar-refractivity contribution in [1.29, 1.82) is 0 Å². The third-order valence-electron chi connectivity index (χ3n) is 3.61. The normalized spacial score (nSPS) is 17.3. The first-order valence-electron chi connectivity index (χ1n) is 7.12. The largest absolute Gasteiger partial charge is 0.341 e. The molecule has 1 aromatic rings. The highest BCUT2D eigenvalue weighted by Gasteiger charge is 2.24. The summed E-state index contributed by atoms with van der Waals surface area (Å²) in [5, 5.41) is 5.14. The van der Waals surface area contributed by atoms with Crippen molar-refractivity contribution in [3.8, 4) is 0 Å². The molecule has 1 amide bonds. The third-order valence-corrected chi connectivity index (χ3v) is 5.86. The van der Waals surface area contributed by atoms with E-state index in [2.05, 4.69) is 0 Å². The maximum absolute atomic E-state index is 12.3. The molecule has 0 bridgehead atoms. The van der Waals surface area contributed by atoms with Crippen LogP contribution < -0.4 is 5.14 Å². The number of carbonyl (C=O) groups excluding carboxylic acids is 1. The minimum Gasteiger partial charge on any atom is -0.341 e. The minimum absolute atomic E-state index is 0.0320. The number of thioether (sulfide) groups is 1. The van der Waals surface area contributed by atoms with Gasteiger partial charge in [-0.25, -0.2) is 5.14 Å². The Balaban J connectivity index is 1.89. The quantitative estimate of drug-likeness (QED) is 0.821. The van der Waals surface area contributed by atoms with E-state index in [1.807, 2.05) is 31.2 Å². The van der Waals surface area contributed by atoms with Gasteiger partial charge in [-0.3, -0.25) is 4.79 Å². The number of rotatable bonds is 4. The molecule has 2 rings (SSSR count). The van der Waals surface area contributed by atoms with E-state index in [0.717, 1.165) is 10.5 Å². The van der Waals surface area contributed by atoms with E-state index in [9.17, 15) is 13.2 Å². The fraction of sp³-hybridized carbons (Fsp3) is 0.500. The fourth-order valence-corrected chi connectivity index (χ4v) is 4.00. The van der Waals surface area contributed by atoms with E-state index in [0.29, 0.717) is 31.8 Å². The maximum atomic E-state index is 12.3. The fourth-order valence-electron chi connectivity index (χ4n) is 2.35. The van der Waals surface area contributed by atoms with Crippen molar-refractivity contribution >= 4 is 27.9 Å². The molecule has 1 aliphatic heterocycles. The Morgan fingerprint density at radius 3 is 2.64 bits per heavy atom. The van der Waals surface area contributed by atoms with Crippen LogP contribution in [0, 0.1) is 6.92 Å². The summed E-state index contributed by atoms with van der Waals surface area (Å²) in [4.78, 5) is 15.1. The Kier molecular flexibility index (Phi) is 5.85. The maximum Gasteiger partial charge on any atom is 0.276 e. The first-order chi connectivity index (χ1) is 10.4. The molecule has 0 spiro atoms. The summed E-state index contributed by atoms with van der Waals surface area (Å²) in [7, 11) is -3.67. The van der Waals surface area contributed by atoms with Crippen molar-refractivity contribution in [2.24, 2.45) is 5.14 Å². The van der Waals surface area contributed by atoms with Crippen molar-refractivity contribution in [2.75, 3.05) is 31.9 Å². The number of amides is 1. The van der Waals surface area contributed by atoms with Crippen LogP contribution in [0.2, 0.25) is 0 Å². The molecule has 22 heavy (non-hydrogen) atoms. The lowest BCUT2D eigenvalue weighted by atomic mass is 10.2. The van der Waals surface area contributed by atoms with Crippen LogP contribution in [-0.4, -0.2) is 55.5 Å². The Hall–Kier alpha value is -1.09. The lowest BCUT2D eigenvalue weighted by Crippen LogP contribution is -2.40. The molecule has 0 saturated carbocycles. The Labute approximate surface area is 135 Å². The molecule has 2 N–H and O–H groups in total. The van der Waals surface area contributed by atoms with Gasteiger partial charge >= 0.3 is 0 Å². The Morgan fingerprint density at radius 2 is 1.95 bits per heavy atom. The van der Waals surface area contributed by atoms with Gasteiger partial charge < -0.3 is 4.90 Å². The zero-order chi connectivity index (χ0) is 16.2. The molecule has 0 aliphatic carbocycles. The number of hydrogen-bond donors (Lipinski definition) is 1. The van der Waals surface area contributed by atoms with Gasteiger partial charge in [0.15, 0.2) is 0 Å². The molecule has 1 aromatic carbocycles. The first-order valence-corrected chi connectivity index (χ1v) is 9.61. The minimum atomic E-state index is -3.67. The van der Waals surface area contributed by atoms with Gasteiger partial charge in [-0.1, -0.05) is 18.2 Å². The average Bonchev–Trinajstić information content (AvgIpc) is 2.71. The summed E-state index contributed by atoms with van der Waals surface area (Å²) >= 11 is 1.51. The van der Waals surface area contributed by atoms with Gasteiger partial charge in [0, 0.05) is 31.1 Å². The van der Waals surface area contributed by atoms with Crippen LogP contribution in [-0.2, 0) is 15.0 Å². The molecule has 0 unspecified atom stereocenters. The number of benzene rings is 1. The summed E-state index contributed by atoms with van der Waals surface area (Å²) in [6.07, 6.45) is 0.608. The summed E-state index contributed by atoms with van der Waals surface area (Å²) in [5.41, 5.74) is 1.15. The highest BCUT2D eigenvalue weighted by Crippen LogP contribution is 2.22. The lowest BCUT2D eigenvalue weighted by Gasteiger charge is -2.20. The van der Waals surface area contributed by atoms with E-state index >= 15 is 0 Å². The molecule has 1 heterocycles. The SMILES string of the molecule is Cc1ccccc1SCC(=O)N1CCCN(S(N)(=O)=O)CC1. The third kappa shape index (κ3) is 4.70. The summed E-state index contributed by atoms with van der Waals surface area (Å²) in [6, 6.07) is 7.94. The van der Waals surface area contributed by atoms with Gasteiger partial charge in [0.2, 0.25) is 5.91 Å². The molecule has 0 aromatic heterocycles. The Morgan fingerprint density at radius 1 is 1.23 bits per heavy atom. The van der Waals surface area contributed by atoms with E-state index in [1.54, 1.807) is 4.90 Å². The van der Waals surface area contributed by atoms with Gasteiger partial charge in [-0.15, -0.1) is 11.8 Å². The second-order valence-electron chi connectivity index (χ2n) is 5.23. The highest BCUT2D eigenvalue weighted by molar-refractivity contribution is 8.00. The van der Waals surface area contributed by atoms with E-state index in [1.165, 1.54) is 16.1 Å². The van der Waals surface area contributed by atoms with E-state index in [-0.39, 0.29) is 12.5 Å². The zero-order valence-electron chi connectivity index (χ0n) is 12.6. The number of hydrogen-bond acceptors (Lipinski definition) is 4. The van der Waals surface area contributed by atoms with Crippen LogP contribution >= 0.6 is 11.8 Å². The van der Waals surface area contributed by atoms with Gasteiger partial charge in [0.25, 0.3) is 10.2 Å². The van der Waals surface area contributed by atoms with Crippen molar-refractivity contribution in [3.05, 3.63) is 29.8 Å². The van der Waals surface area contributed by atoms with E-state index in [4.69, 9.17) is 5.14 Å². The van der Waals surface area contributed by atoms with Crippen LogP contribution in [0.15, 0.2) is 29.2 Å². The number of carbonyl (C=O) groups is 1. The van der Waals surface area contributed by atoms with Crippen LogP contribution in [0.1, 0.15) is 12.0 Å². The molecule has 0 atom stereocenters. The van der Waals surface area contributed by atoms with E-state index < -0.39 is 10.2 Å². The molecule has 0 radical (unpaired) electrons. The lowest BCUT2D eigenvalue weighted by molar-refractivity contribution is -0.128. The Bertz CT molecular complexity index is 634. The van der Waals surface area contributed by atoms with Crippen molar-refractivity contribution < 1.29 is 13.2 Å².